The Morgan fingerprint density at radius 1 is 0.895 bits per heavy atom. The third-order valence-electron chi connectivity index (χ3n) is 4.75. The normalized spacial score (nSPS) is 34.9. The van der Waals surface area contributed by atoms with Crippen LogP contribution in [0.5, 0.6) is 0 Å². The van der Waals surface area contributed by atoms with Crippen LogP contribution in [-0.2, 0) is 10.2 Å². The molecule has 3 saturated heterocycles. The standard InChI is InChI=1S/C13H25N3O2S/c17-19(18,15-9-3-4-10-15)16-11-2-1-7-13(16)12-6-5-8-14-12/h12-14H,1-11H2. The van der Waals surface area contributed by atoms with Crippen molar-refractivity contribution >= 4 is 10.2 Å². The van der Waals surface area contributed by atoms with Crippen molar-refractivity contribution in [3.05, 3.63) is 0 Å². The lowest BCUT2D eigenvalue weighted by Crippen LogP contribution is -2.55. The van der Waals surface area contributed by atoms with Crippen LogP contribution in [0.3, 0.4) is 0 Å². The van der Waals surface area contributed by atoms with E-state index in [4.69, 9.17) is 0 Å². The van der Waals surface area contributed by atoms with Crippen molar-refractivity contribution in [1.29, 1.82) is 0 Å². The molecule has 3 heterocycles. The van der Waals surface area contributed by atoms with Crippen molar-refractivity contribution in [2.45, 2.75) is 57.0 Å². The number of piperidine rings is 1. The SMILES string of the molecule is O=S(=O)(N1CCCC1)N1CCCCC1C1CCCN1. The maximum Gasteiger partial charge on any atom is 0.282 e. The van der Waals surface area contributed by atoms with Gasteiger partial charge in [-0.05, 0) is 45.1 Å². The summed E-state index contributed by atoms with van der Waals surface area (Å²) in [7, 11) is -3.22. The van der Waals surface area contributed by atoms with Gasteiger partial charge in [-0.2, -0.15) is 17.0 Å². The van der Waals surface area contributed by atoms with Gasteiger partial charge in [-0.15, -0.1) is 0 Å². The first kappa shape index (κ1) is 13.8. The molecule has 0 spiro atoms. The summed E-state index contributed by atoms with van der Waals surface area (Å²) in [6.07, 6.45) is 7.52. The number of hydrogen-bond acceptors (Lipinski definition) is 3. The Morgan fingerprint density at radius 3 is 2.32 bits per heavy atom. The highest BCUT2D eigenvalue weighted by atomic mass is 32.2. The second kappa shape index (κ2) is 5.68. The summed E-state index contributed by atoms with van der Waals surface area (Å²) in [4.78, 5) is 0. The van der Waals surface area contributed by atoms with Gasteiger partial charge in [0.05, 0.1) is 0 Å². The van der Waals surface area contributed by atoms with Gasteiger partial charge in [-0.1, -0.05) is 6.42 Å². The molecule has 5 nitrogen and oxygen atoms in total. The lowest BCUT2D eigenvalue weighted by molar-refractivity contribution is 0.199. The van der Waals surface area contributed by atoms with E-state index < -0.39 is 10.2 Å². The van der Waals surface area contributed by atoms with E-state index in [0.29, 0.717) is 25.7 Å². The molecule has 3 rings (SSSR count). The monoisotopic (exact) mass is 287 g/mol. The fourth-order valence-corrected chi connectivity index (χ4v) is 5.70. The number of rotatable bonds is 3. The summed E-state index contributed by atoms with van der Waals surface area (Å²) < 4.78 is 29.1. The highest BCUT2D eigenvalue weighted by Crippen LogP contribution is 2.29. The molecule has 0 amide bonds. The zero-order valence-corrected chi connectivity index (χ0v) is 12.4. The van der Waals surface area contributed by atoms with Gasteiger partial charge in [0.15, 0.2) is 0 Å². The van der Waals surface area contributed by atoms with Gasteiger partial charge in [0.2, 0.25) is 0 Å². The molecule has 110 valence electrons. The summed E-state index contributed by atoms with van der Waals surface area (Å²) in [6, 6.07) is 0.555. The Hall–Kier alpha value is -0.170. The number of nitrogens with zero attached hydrogens (tertiary/aromatic N) is 2. The first-order chi connectivity index (χ1) is 9.19. The molecule has 0 radical (unpaired) electrons. The first-order valence-corrected chi connectivity index (χ1v) is 9.09. The van der Waals surface area contributed by atoms with Crippen LogP contribution < -0.4 is 5.32 Å². The van der Waals surface area contributed by atoms with Gasteiger partial charge >= 0.3 is 0 Å². The third kappa shape index (κ3) is 2.68. The van der Waals surface area contributed by atoms with Crippen LogP contribution in [0.4, 0.5) is 0 Å². The minimum absolute atomic E-state index is 0.182. The van der Waals surface area contributed by atoms with Crippen molar-refractivity contribution in [3.8, 4) is 0 Å². The molecule has 3 fully saturated rings. The summed E-state index contributed by atoms with van der Waals surface area (Å²) in [5.74, 6) is 0. The van der Waals surface area contributed by atoms with Gasteiger partial charge in [0.1, 0.15) is 0 Å². The zero-order chi connectivity index (χ0) is 13.3. The minimum Gasteiger partial charge on any atom is -0.312 e. The van der Waals surface area contributed by atoms with Gasteiger partial charge < -0.3 is 5.32 Å². The van der Waals surface area contributed by atoms with Gasteiger partial charge in [0.25, 0.3) is 10.2 Å². The largest absolute Gasteiger partial charge is 0.312 e. The Kier molecular flexibility index (Phi) is 4.12. The van der Waals surface area contributed by atoms with Crippen LogP contribution in [0.2, 0.25) is 0 Å². The van der Waals surface area contributed by atoms with E-state index in [0.717, 1.165) is 45.1 Å². The average Bonchev–Trinajstić information content (AvgIpc) is 3.12. The number of hydrogen-bond donors (Lipinski definition) is 1. The zero-order valence-electron chi connectivity index (χ0n) is 11.6. The summed E-state index contributed by atoms with van der Waals surface area (Å²) in [5, 5.41) is 3.49. The Labute approximate surface area is 116 Å². The van der Waals surface area contributed by atoms with E-state index in [1.54, 1.807) is 4.31 Å². The van der Waals surface area contributed by atoms with E-state index in [1.165, 1.54) is 6.42 Å². The predicted molar refractivity (Wildman–Crippen MR) is 75.1 cm³/mol. The van der Waals surface area contributed by atoms with Gasteiger partial charge in [-0.3, -0.25) is 0 Å². The van der Waals surface area contributed by atoms with Crippen LogP contribution in [0, 0.1) is 0 Å². The molecule has 3 aliphatic rings. The van der Waals surface area contributed by atoms with Crippen LogP contribution in [0.15, 0.2) is 0 Å². The van der Waals surface area contributed by atoms with Crippen molar-refractivity contribution < 1.29 is 8.42 Å². The molecule has 6 heteroatoms. The van der Waals surface area contributed by atoms with Crippen LogP contribution >= 0.6 is 0 Å². The fraction of sp³-hybridized carbons (Fsp3) is 1.00. The molecule has 0 bridgehead atoms. The molecule has 0 aliphatic carbocycles. The second-order valence-electron chi connectivity index (χ2n) is 5.99. The third-order valence-corrected chi connectivity index (χ3v) is 6.81. The highest BCUT2D eigenvalue weighted by molar-refractivity contribution is 7.86. The molecule has 3 aliphatic heterocycles. The molecular weight excluding hydrogens is 262 g/mol. The quantitative estimate of drug-likeness (QED) is 0.840. The predicted octanol–water partition coefficient (Wildman–Crippen LogP) is 0.933. The smallest absolute Gasteiger partial charge is 0.282 e. The maximum atomic E-state index is 12.8. The number of nitrogens with one attached hydrogen (secondary N) is 1. The molecule has 0 aromatic heterocycles. The molecule has 2 atom stereocenters. The average molecular weight is 287 g/mol. The minimum atomic E-state index is -3.22. The first-order valence-electron chi connectivity index (χ1n) is 7.70. The van der Waals surface area contributed by atoms with Crippen molar-refractivity contribution in [2.75, 3.05) is 26.2 Å². The summed E-state index contributed by atoms with van der Waals surface area (Å²) in [5.41, 5.74) is 0. The second-order valence-corrected chi connectivity index (χ2v) is 7.87. The molecule has 0 aromatic carbocycles. The Morgan fingerprint density at radius 2 is 1.63 bits per heavy atom. The van der Waals surface area contributed by atoms with Crippen molar-refractivity contribution in [2.24, 2.45) is 0 Å². The molecular formula is C13H25N3O2S. The van der Waals surface area contributed by atoms with Gasteiger partial charge in [-0.25, -0.2) is 0 Å². The topological polar surface area (TPSA) is 52.7 Å². The Balaban J connectivity index is 1.78. The lowest BCUT2D eigenvalue weighted by Gasteiger charge is -2.39. The lowest BCUT2D eigenvalue weighted by atomic mass is 9.97. The summed E-state index contributed by atoms with van der Waals surface area (Å²) in [6.45, 7) is 3.17. The van der Waals surface area contributed by atoms with Gasteiger partial charge in [0, 0.05) is 31.7 Å². The molecule has 0 saturated carbocycles. The molecule has 1 N–H and O–H groups in total. The highest BCUT2D eigenvalue weighted by Gasteiger charge is 2.41. The maximum absolute atomic E-state index is 12.8. The van der Waals surface area contributed by atoms with Crippen LogP contribution in [0.25, 0.3) is 0 Å². The summed E-state index contributed by atoms with van der Waals surface area (Å²) >= 11 is 0. The van der Waals surface area contributed by atoms with E-state index in [1.807, 2.05) is 4.31 Å². The fourth-order valence-electron chi connectivity index (χ4n) is 3.73. The molecule has 2 unspecified atom stereocenters. The van der Waals surface area contributed by atoms with E-state index >= 15 is 0 Å². The van der Waals surface area contributed by atoms with Crippen molar-refractivity contribution in [3.63, 3.8) is 0 Å². The Bertz CT molecular complexity index is 400. The molecule has 0 aromatic rings. The molecule has 19 heavy (non-hydrogen) atoms. The van der Waals surface area contributed by atoms with E-state index in [2.05, 4.69) is 5.32 Å². The van der Waals surface area contributed by atoms with Crippen molar-refractivity contribution in [1.82, 2.24) is 13.9 Å². The van der Waals surface area contributed by atoms with E-state index in [9.17, 15) is 8.42 Å². The van der Waals surface area contributed by atoms with Crippen LogP contribution in [0.1, 0.15) is 44.9 Å². The van der Waals surface area contributed by atoms with Crippen LogP contribution in [-0.4, -0.2) is 55.3 Å². The van der Waals surface area contributed by atoms with E-state index in [-0.39, 0.29) is 6.04 Å².